The molecule has 0 bridgehead atoms. The summed E-state index contributed by atoms with van der Waals surface area (Å²) in [6, 6.07) is 3.97. The maximum Gasteiger partial charge on any atom is 0.269 e. The van der Waals surface area contributed by atoms with E-state index in [0.717, 1.165) is 21.3 Å². The van der Waals surface area contributed by atoms with Crippen molar-refractivity contribution in [2.24, 2.45) is 0 Å². The first-order valence-electron chi connectivity index (χ1n) is 5.94. The summed E-state index contributed by atoms with van der Waals surface area (Å²) in [5.41, 5.74) is 8.62. The number of aryl methyl sites for hydroxylation is 2. The summed E-state index contributed by atoms with van der Waals surface area (Å²) >= 11 is 4.69. The smallest absolute Gasteiger partial charge is 0.269 e. The van der Waals surface area contributed by atoms with Crippen molar-refractivity contribution < 1.29 is 4.79 Å². The van der Waals surface area contributed by atoms with Gasteiger partial charge >= 0.3 is 0 Å². The Kier molecular flexibility index (Phi) is 4.29. The van der Waals surface area contributed by atoms with E-state index < -0.39 is 0 Å². The lowest BCUT2D eigenvalue weighted by Crippen LogP contribution is -2.13. The van der Waals surface area contributed by atoms with Gasteiger partial charge in [-0.2, -0.15) is 0 Å². The van der Waals surface area contributed by atoms with E-state index >= 15 is 0 Å². The summed E-state index contributed by atoms with van der Waals surface area (Å²) in [6.07, 6.45) is 0. The van der Waals surface area contributed by atoms with Gasteiger partial charge in [0.05, 0.1) is 5.69 Å². The molecule has 0 aliphatic heterocycles. The first kappa shape index (κ1) is 14.8. The first-order valence-corrected chi connectivity index (χ1v) is 7.55. The molecule has 0 spiro atoms. The molecule has 0 aliphatic rings. The zero-order chi connectivity index (χ0) is 14.9. The van der Waals surface area contributed by atoms with Crippen LogP contribution in [0.5, 0.6) is 0 Å². The number of rotatable bonds is 3. The van der Waals surface area contributed by atoms with Crippen LogP contribution in [0, 0.1) is 13.8 Å². The fourth-order valence-electron chi connectivity index (χ4n) is 1.85. The number of halogens is 1. The van der Waals surface area contributed by atoms with Crippen LogP contribution in [0.1, 0.15) is 20.8 Å². The number of nitrogen functional groups attached to an aromatic ring is 1. The highest BCUT2D eigenvalue weighted by Crippen LogP contribution is 2.30. The molecule has 0 radical (unpaired) electrons. The number of anilines is 3. The molecule has 0 fully saturated rings. The Hall–Kier alpha value is -1.60. The van der Waals surface area contributed by atoms with Crippen molar-refractivity contribution in [2.75, 3.05) is 23.4 Å². The van der Waals surface area contributed by atoms with Gasteiger partial charge in [0.25, 0.3) is 5.91 Å². The second-order valence-corrected chi connectivity index (χ2v) is 6.23. The Bertz CT molecular complexity index is 645. The van der Waals surface area contributed by atoms with Crippen molar-refractivity contribution in [3.63, 3.8) is 0 Å². The molecular formula is C13H15BrN4OS. The number of amides is 1. The van der Waals surface area contributed by atoms with E-state index in [1.807, 2.05) is 26.0 Å². The molecule has 4 N–H and O–H groups in total. The number of hydrogen-bond acceptors (Lipinski definition) is 5. The Morgan fingerprint density at radius 3 is 2.65 bits per heavy atom. The molecule has 1 amide bonds. The minimum Gasteiger partial charge on any atom is -0.382 e. The maximum atomic E-state index is 12.3. The van der Waals surface area contributed by atoms with Crippen molar-refractivity contribution >= 4 is 49.8 Å². The molecule has 20 heavy (non-hydrogen) atoms. The molecule has 1 aromatic carbocycles. The van der Waals surface area contributed by atoms with Gasteiger partial charge in [0.2, 0.25) is 0 Å². The predicted octanol–water partition coefficient (Wildman–Crippen LogP) is 3.40. The lowest BCUT2D eigenvalue weighted by Gasteiger charge is -2.11. The summed E-state index contributed by atoms with van der Waals surface area (Å²) in [5, 5.41) is 6.37. The second-order valence-electron chi connectivity index (χ2n) is 4.38. The number of nitrogens with zero attached hydrogens (tertiary/aromatic N) is 1. The zero-order valence-electron chi connectivity index (χ0n) is 11.4. The van der Waals surface area contributed by atoms with Crippen molar-refractivity contribution in [2.45, 2.75) is 13.8 Å². The van der Waals surface area contributed by atoms with Gasteiger partial charge in [0.1, 0.15) is 10.7 Å². The molecule has 0 unspecified atom stereocenters. The lowest BCUT2D eigenvalue weighted by molar-refractivity contribution is 0.103. The van der Waals surface area contributed by atoms with Crippen LogP contribution in [0.3, 0.4) is 0 Å². The quantitative estimate of drug-likeness (QED) is 0.788. The van der Waals surface area contributed by atoms with E-state index in [2.05, 4.69) is 31.5 Å². The number of nitrogens with two attached hydrogens (primary N) is 1. The molecular weight excluding hydrogens is 340 g/mol. The summed E-state index contributed by atoms with van der Waals surface area (Å²) < 4.78 is 0.847. The van der Waals surface area contributed by atoms with Crippen LogP contribution < -0.4 is 16.4 Å². The van der Waals surface area contributed by atoms with Gasteiger partial charge in [-0.05, 0) is 47.0 Å². The molecule has 1 heterocycles. The van der Waals surface area contributed by atoms with Gasteiger partial charge in [0.15, 0.2) is 5.13 Å². The SMILES string of the molecule is CNc1nc(N)c(C(=O)Nc2c(C)cc(C)cc2Br)s1. The molecule has 0 atom stereocenters. The highest BCUT2D eigenvalue weighted by molar-refractivity contribution is 9.10. The maximum absolute atomic E-state index is 12.3. The first-order chi connectivity index (χ1) is 9.42. The Morgan fingerprint density at radius 2 is 2.10 bits per heavy atom. The number of thiazole rings is 1. The number of aromatic nitrogens is 1. The normalized spacial score (nSPS) is 10.4. The van der Waals surface area contributed by atoms with Crippen molar-refractivity contribution in [1.82, 2.24) is 4.98 Å². The zero-order valence-corrected chi connectivity index (χ0v) is 13.8. The standard InChI is InChI=1S/C13H15BrN4OS/c1-6-4-7(2)9(8(14)5-6)17-12(19)10-11(15)18-13(16-3)20-10/h4-5H,15H2,1-3H3,(H,16,18)(H,17,19). The highest BCUT2D eigenvalue weighted by atomic mass is 79.9. The molecule has 7 heteroatoms. The summed E-state index contributed by atoms with van der Waals surface area (Å²) in [7, 11) is 1.74. The minimum absolute atomic E-state index is 0.234. The van der Waals surface area contributed by atoms with E-state index in [1.54, 1.807) is 7.05 Å². The third-order valence-corrected chi connectivity index (χ3v) is 4.46. The lowest BCUT2D eigenvalue weighted by atomic mass is 10.1. The fourth-order valence-corrected chi connectivity index (χ4v) is 3.35. The van der Waals surface area contributed by atoms with E-state index in [-0.39, 0.29) is 11.7 Å². The summed E-state index contributed by atoms with van der Waals surface area (Å²) in [6.45, 7) is 3.95. The van der Waals surface area contributed by atoms with Crippen molar-refractivity contribution in [3.05, 3.63) is 32.6 Å². The molecule has 5 nitrogen and oxygen atoms in total. The van der Waals surface area contributed by atoms with Crippen LogP contribution in [0.15, 0.2) is 16.6 Å². The van der Waals surface area contributed by atoms with E-state index in [1.165, 1.54) is 11.3 Å². The van der Waals surface area contributed by atoms with E-state index in [0.29, 0.717) is 10.0 Å². The van der Waals surface area contributed by atoms with Gasteiger partial charge in [-0.3, -0.25) is 4.79 Å². The molecule has 0 aliphatic carbocycles. The number of hydrogen-bond donors (Lipinski definition) is 3. The van der Waals surface area contributed by atoms with Gasteiger partial charge in [-0.25, -0.2) is 4.98 Å². The van der Waals surface area contributed by atoms with Crippen LogP contribution in [0.2, 0.25) is 0 Å². The average Bonchev–Trinajstić information content (AvgIpc) is 2.75. The fraction of sp³-hybridized carbons (Fsp3) is 0.231. The van der Waals surface area contributed by atoms with E-state index in [4.69, 9.17) is 5.73 Å². The molecule has 2 rings (SSSR count). The largest absolute Gasteiger partial charge is 0.382 e. The topological polar surface area (TPSA) is 80.0 Å². The van der Waals surface area contributed by atoms with Crippen molar-refractivity contribution in [1.29, 1.82) is 0 Å². The second kappa shape index (κ2) is 5.80. The summed E-state index contributed by atoms with van der Waals surface area (Å²) in [5.74, 6) is -0.0214. The molecule has 0 saturated carbocycles. The van der Waals surface area contributed by atoms with Crippen LogP contribution in [0.4, 0.5) is 16.6 Å². The number of nitrogens with one attached hydrogen (secondary N) is 2. The van der Waals surface area contributed by atoms with Gasteiger partial charge in [-0.15, -0.1) is 0 Å². The molecule has 2 aromatic rings. The van der Waals surface area contributed by atoms with Crippen molar-refractivity contribution in [3.8, 4) is 0 Å². The summed E-state index contributed by atoms with van der Waals surface area (Å²) in [4.78, 5) is 16.8. The Morgan fingerprint density at radius 1 is 1.40 bits per heavy atom. The minimum atomic E-state index is -0.255. The Balaban J connectivity index is 2.30. The third-order valence-electron chi connectivity index (χ3n) is 2.74. The molecule has 1 aromatic heterocycles. The van der Waals surface area contributed by atoms with Crippen LogP contribution in [-0.2, 0) is 0 Å². The number of benzene rings is 1. The van der Waals surface area contributed by atoms with Crippen LogP contribution >= 0.6 is 27.3 Å². The van der Waals surface area contributed by atoms with E-state index in [9.17, 15) is 4.79 Å². The predicted molar refractivity (Wildman–Crippen MR) is 87.6 cm³/mol. The third kappa shape index (κ3) is 2.94. The number of carbonyl (C=O) groups is 1. The van der Waals surface area contributed by atoms with Crippen LogP contribution in [-0.4, -0.2) is 17.9 Å². The average molecular weight is 355 g/mol. The molecule has 106 valence electrons. The highest BCUT2D eigenvalue weighted by Gasteiger charge is 2.17. The monoisotopic (exact) mass is 354 g/mol. The van der Waals surface area contributed by atoms with Gasteiger partial charge in [-0.1, -0.05) is 17.4 Å². The van der Waals surface area contributed by atoms with Gasteiger partial charge in [0, 0.05) is 11.5 Å². The Labute approximate surface area is 129 Å². The number of carbonyl (C=O) groups excluding carboxylic acids is 1. The van der Waals surface area contributed by atoms with Gasteiger partial charge < -0.3 is 16.4 Å². The molecule has 0 saturated heterocycles. The van der Waals surface area contributed by atoms with Crippen LogP contribution in [0.25, 0.3) is 0 Å².